The van der Waals surface area contributed by atoms with Gasteiger partial charge in [0.1, 0.15) is 11.4 Å². The molecule has 3 aliphatic heterocycles. The number of aliphatic carboxylic acids is 1. The quantitative estimate of drug-likeness (QED) is 0.367. The number of amides is 2. The maximum atomic E-state index is 13.7. The molecule has 3 aliphatic rings. The number of carbonyl (C=O) groups excluding carboxylic acids is 2. The van der Waals surface area contributed by atoms with Crippen molar-refractivity contribution in [2.75, 3.05) is 18.0 Å². The average molecular weight is 529 g/mol. The lowest BCUT2D eigenvalue weighted by molar-refractivity contribution is -0.139. The molecule has 1 aromatic rings. The van der Waals surface area contributed by atoms with Gasteiger partial charge in [0.15, 0.2) is 5.78 Å². The molecule has 4 rings (SSSR count). The molecular formula is C28H40N4O6. The van der Waals surface area contributed by atoms with Crippen LogP contribution in [0.1, 0.15) is 83.0 Å². The van der Waals surface area contributed by atoms with Crippen LogP contribution in [0, 0.1) is 5.92 Å². The number of fused-ring (bicyclic) bond motifs is 2. The molecule has 0 radical (unpaired) electrons. The van der Waals surface area contributed by atoms with E-state index in [9.17, 15) is 19.5 Å². The first-order chi connectivity index (χ1) is 17.9. The topological polar surface area (TPSA) is 140 Å². The maximum absolute atomic E-state index is 13.7. The Kier molecular flexibility index (Phi) is 9.30. The van der Waals surface area contributed by atoms with Crippen LogP contribution in [0.4, 0.5) is 10.6 Å². The number of aromatic nitrogens is 1. The van der Waals surface area contributed by atoms with Crippen molar-refractivity contribution in [3.63, 3.8) is 0 Å². The number of rotatable bonds is 6. The SMILES string of the molecule is CC(=O)O.CC(C)(C)N(C(=O)O)C(=O)C12CC=CC(CC1)N2c1ccc(C(=O)CCC2CCNCC2)cn1. The summed E-state index contributed by atoms with van der Waals surface area (Å²) in [6.45, 7) is 8.32. The number of Topliss-reactive ketones (excluding diaryl/α,β-unsaturated/α-hetero) is 1. The molecule has 2 unspecified atom stereocenters. The van der Waals surface area contributed by atoms with Crippen molar-refractivity contribution in [2.24, 2.45) is 5.92 Å². The summed E-state index contributed by atoms with van der Waals surface area (Å²) in [4.78, 5) is 55.1. The summed E-state index contributed by atoms with van der Waals surface area (Å²) in [6.07, 6.45) is 9.80. The smallest absolute Gasteiger partial charge is 0.414 e. The van der Waals surface area contributed by atoms with Gasteiger partial charge in [-0.25, -0.2) is 14.7 Å². The standard InChI is InChI=1S/C26H36N4O4.C2H4O2/c1-25(2,3)30(24(33)34)23(32)26-13-4-5-20(10-14-26)29(26)22-9-7-19(17-28-22)21(31)8-6-18-11-15-27-16-12-18;1-2(3)4/h4-5,7,9,17-18,20,27H,6,8,10-16H2,1-3H3,(H,33,34);1H3,(H,3,4). The zero-order valence-electron chi connectivity index (χ0n) is 22.8. The van der Waals surface area contributed by atoms with Crippen molar-refractivity contribution in [1.29, 1.82) is 0 Å². The molecule has 0 aliphatic carbocycles. The predicted molar refractivity (Wildman–Crippen MR) is 143 cm³/mol. The third kappa shape index (κ3) is 6.59. The van der Waals surface area contributed by atoms with E-state index >= 15 is 0 Å². The van der Waals surface area contributed by atoms with Crippen molar-refractivity contribution in [1.82, 2.24) is 15.2 Å². The summed E-state index contributed by atoms with van der Waals surface area (Å²) < 4.78 is 0. The lowest BCUT2D eigenvalue weighted by atomic mass is 9.87. The van der Waals surface area contributed by atoms with E-state index in [1.54, 1.807) is 39.1 Å². The van der Waals surface area contributed by atoms with Crippen molar-refractivity contribution < 1.29 is 29.4 Å². The van der Waals surface area contributed by atoms with Crippen molar-refractivity contribution >= 4 is 29.6 Å². The number of hydrogen-bond donors (Lipinski definition) is 3. The molecule has 2 fully saturated rings. The zero-order valence-corrected chi connectivity index (χ0v) is 22.8. The van der Waals surface area contributed by atoms with E-state index in [1.165, 1.54) is 0 Å². The van der Waals surface area contributed by atoms with Gasteiger partial charge in [0.2, 0.25) is 0 Å². The van der Waals surface area contributed by atoms with Gasteiger partial charge >= 0.3 is 6.09 Å². The molecule has 10 nitrogen and oxygen atoms in total. The van der Waals surface area contributed by atoms with E-state index in [4.69, 9.17) is 9.90 Å². The fourth-order valence-electron chi connectivity index (χ4n) is 5.67. The number of pyridine rings is 1. The fourth-order valence-corrected chi connectivity index (χ4v) is 5.67. The van der Waals surface area contributed by atoms with Gasteiger partial charge in [-0.15, -0.1) is 0 Å². The summed E-state index contributed by atoms with van der Waals surface area (Å²) >= 11 is 0. The van der Waals surface area contributed by atoms with Crippen LogP contribution in [0.2, 0.25) is 0 Å². The second-order valence-corrected chi connectivity index (χ2v) is 11.3. The van der Waals surface area contributed by atoms with E-state index in [0.29, 0.717) is 36.6 Å². The molecule has 2 bridgehead atoms. The van der Waals surface area contributed by atoms with Gasteiger partial charge in [0, 0.05) is 36.7 Å². The predicted octanol–water partition coefficient (Wildman–Crippen LogP) is 4.11. The first-order valence-corrected chi connectivity index (χ1v) is 13.3. The zero-order chi connectivity index (χ0) is 28.1. The highest BCUT2D eigenvalue weighted by Gasteiger charge is 2.56. The number of piperidine rings is 1. The van der Waals surface area contributed by atoms with Crippen LogP contribution in [-0.2, 0) is 9.59 Å². The van der Waals surface area contributed by atoms with Crippen LogP contribution in [0.5, 0.6) is 0 Å². The van der Waals surface area contributed by atoms with E-state index < -0.39 is 29.0 Å². The highest BCUT2D eigenvalue weighted by molar-refractivity contribution is 6.01. The van der Waals surface area contributed by atoms with Crippen molar-refractivity contribution in [2.45, 2.75) is 89.8 Å². The minimum Gasteiger partial charge on any atom is -0.481 e. The monoisotopic (exact) mass is 528 g/mol. The molecule has 10 heteroatoms. The Hall–Kier alpha value is -3.27. The number of carboxylic acids is 1. The summed E-state index contributed by atoms with van der Waals surface area (Å²) in [5, 5.41) is 20.6. The Labute approximate surface area is 224 Å². The fraction of sp³-hybridized carbons (Fsp3) is 0.607. The van der Waals surface area contributed by atoms with Gasteiger partial charge < -0.3 is 20.4 Å². The largest absolute Gasteiger partial charge is 0.481 e. The Bertz CT molecular complexity index is 1050. The number of anilines is 1. The van der Waals surface area contributed by atoms with E-state index in [2.05, 4.69) is 16.4 Å². The minimum atomic E-state index is -1.24. The Balaban J connectivity index is 0.000000934. The Morgan fingerprint density at radius 2 is 1.79 bits per heavy atom. The third-order valence-corrected chi connectivity index (χ3v) is 7.48. The van der Waals surface area contributed by atoms with E-state index in [1.807, 2.05) is 11.0 Å². The van der Waals surface area contributed by atoms with Gasteiger partial charge in [-0.3, -0.25) is 14.4 Å². The number of nitrogens with one attached hydrogen (secondary N) is 1. The molecule has 38 heavy (non-hydrogen) atoms. The molecule has 1 aromatic heterocycles. The van der Waals surface area contributed by atoms with Crippen molar-refractivity contribution in [3.05, 3.63) is 36.0 Å². The van der Waals surface area contributed by atoms with Gasteiger partial charge in [-0.2, -0.15) is 0 Å². The molecule has 2 amide bonds. The van der Waals surface area contributed by atoms with Gasteiger partial charge in [0.25, 0.3) is 11.9 Å². The first kappa shape index (κ1) is 29.3. The number of nitrogens with zero attached hydrogens (tertiary/aromatic N) is 3. The summed E-state index contributed by atoms with van der Waals surface area (Å²) in [7, 11) is 0. The normalized spacial score (nSPS) is 22.8. The first-order valence-electron chi connectivity index (χ1n) is 13.3. The van der Waals surface area contributed by atoms with Crippen LogP contribution in [0.3, 0.4) is 0 Å². The van der Waals surface area contributed by atoms with Crippen molar-refractivity contribution in [3.8, 4) is 0 Å². The molecule has 4 heterocycles. The summed E-state index contributed by atoms with van der Waals surface area (Å²) in [5.74, 6) is 0.0476. The molecule has 3 N–H and O–H groups in total. The minimum absolute atomic E-state index is 0.0257. The Morgan fingerprint density at radius 1 is 1.13 bits per heavy atom. The molecule has 0 saturated carbocycles. The molecule has 208 valence electrons. The van der Waals surface area contributed by atoms with Crippen LogP contribution < -0.4 is 10.2 Å². The van der Waals surface area contributed by atoms with Gasteiger partial charge in [-0.1, -0.05) is 12.2 Å². The van der Waals surface area contributed by atoms with Crippen LogP contribution >= 0.6 is 0 Å². The van der Waals surface area contributed by atoms with Crippen LogP contribution in [0.25, 0.3) is 0 Å². The summed E-state index contributed by atoms with van der Waals surface area (Å²) in [6, 6.07) is 3.57. The summed E-state index contributed by atoms with van der Waals surface area (Å²) in [5.41, 5.74) is -1.26. The molecule has 0 aromatic carbocycles. The number of carbonyl (C=O) groups is 4. The molecular weight excluding hydrogens is 488 g/mol. The number of imide groups is 1. The number of carboxylic acid groups (broad SMARTS) is 2. The molecule has 2 atom stereocenters. The van der Waals surface area contributed by atoms with Gasteiger partial charge in [0.05, 0.1) is 0 Å². The van der Waals surface area contributed by atoms with Crippen LogP contribution in [-0.4, -0.2) is 74.1 Å². The third-order valence-electron chi connectivity index (χ3n) is 7.48. The highest BCUT2D eigenvalue weighted by atomic mass is 16.4. The maximum Gasteiger partial charge on any atom is 0.414 e. The number of hydrogen-bond acceptors (Lipinski definition) is 7. The average Bonchev–Trinajstić information content (AvgIpc) is 3.07. The lowest BCUT2D eigenvalue weighted by Gasteiger charge is -2.45. The molecule has 0 spiro atoms. The second-order valence-electron chi connectivity index (χ2n) is 11.3. The van der Waals surface area contributed by atoms with Gasteiger partial charge in [-0.05, 0) is 90.4 Å². The number of ketones is 1. The van der Waals surface area contributed by atoms with E-state index in [0.717, 1.165) is 50.6 Å². The Morgan fingerprint density at radius 3 is 2.34 bits per heavy atom. The van der Waals surface area contributed by atoms with E-state index in [-0.39, 0.29) is 11.8 Å². The second kappa shape index (κ2) is 12.1. The highest BCUT2D eigenvalue weighted by Crippen LogP contribution is 2.45. The van der Waals surface area contributed by atoms with Crippen LogP contribution in [0.15, 0.2) is 30.5 Å². The lowest BCUT2D eigenvalue weighted by Crippen LogP contribution is -2.64. The molecule has 2 saturated heterocycles.